The van der Waals surface area contributed by atoms with Gasteiger partial charge < -0.3 is 15.4 Å². The molecule has 0 aliphatic carbocycles. The van der Waals surface area contributed by atoms with Gasteiger partial charge in [0.05, 0.1) is 10.6 Å². The van der Waals surface area contributed by atoms with E-state index in [4.69, 9.17) is 16.3 Å². The molecule has 160 valence electrons. The average molecular weight is 431 g/mol. The van der Waals surface area contributed by atoms with E-state index in [9.17, 15) is 14.4 Å². The van der Waals surface area contributed by atoms with E-state index >= 15 is 0 Å². The van der Waals surface area contributed by atoms with Gasteiger partial charge in [0, 0.05) is 6.54 Å². The van der Waals surface area contributed by atoms with E-state index in [1.807, 2.05) is 30.3 Å². The lowest BCUT2D eigenvalue weighted by atomic mass is 10.0. The average Bonchev–Trinajstić information content (AvgIpc) is 2.74. The fourth-order valence-electron chi connectivity index (χ4n) is 2.80. The van der Waals surface area contributed by atoms with Gasteiger partial charge in [-0.3, -0.25) is 9.59 Å². The molecular weight excluding hydrogens is 404 g/mol. The molecule has 0 heterocycles. The maximum atomic E-state index is 12.7. The number of rotatable bonds is 9. The quantitative estimate of drug-likeness (QED) is 0.593. The van der Waals surface area contributed by atoms with Crippen LogP contribution in [0.5, 0.6) is 0 Å². The third-order valence-electron chi connectivity index (χ3n) is 4.56. The number of benzene rings is 2. The second-order valence-electron chi connectivity index (χ2n) is 7.21. The number of hydrogen-bond acceptors (Lipinski definition) is 4. The molecule has 0 saturated carbocycles. The Morgan fingerprint density at radius 3 is 2.23 bits per heavy atom. The third kappa shape index (κ3) is 6.59. The number of halogens is 1. The minimum atomic E-state index is -0.945. The van der Waals surface area contributed by atoms with Crippen LogP contribution >= 0.6 is 11.6 Å². The van der Waals surface area contributed by atoms with Crippen molar-refractivity contribution < 1.29 is 19.1 Å². The number of ether oxygens (including phenoxy) is 1. The molecule has 2 aromatic carbocycles. The smallest absolute Gasteiger partial charge is 0.329 e. The van der Waals surface area contributed by atoms with Crippen LogP contribution in [-0.2, 0) is 20.9 Å². The van der Waals surface area contributed by atoms with Crippen molar-refractivity contribution in [3.63, 3.8) is 0 Å². The Morgan fingerprint density at radius 1 is 1.00 bits per heavy atom. The Kier molecular flexibility index (Phi) is 8.87. The van der Waals surface area contributed by atoms with Gasteiger partial charge in [-0.2, -0.15) is 0 Å². The van der Waals surface area contributed by atoms with Gasteiger partial charge in [0.25, 0.3) is 11.8 Å². The van der Waals surface area contributed by atoms with E-state index in [1.54, 1.807) is 45.0 Å². The molecule has 6 nitrogen and oxygen atoms in total. The maximum absolute atomic E-state index is 12.7. The summed E-state index contributed by atoms with van der Waals surface area (Å²) in [5.74, 6) is -1.76. The molecule has 2 aromatic rings. The van der Waals surface area contributed by atoms with Crippen LogP contribution in [0, 0.1) is 5.92 Å². The zero-order valence-corrected chi connectivity index (χ0v) is 18.1. The third-order valence-corrected chi connectivity index (χ3v) is 4.89. The monoisotopic (exact) mass is 430 g/mol. The molecule has 30 heavy (non-hydrogen) atoms. The molecule has 0 aliphatic heterocycles. The highest BCUT2D eigenvalue weighted by Crippen LogP contribution is 2.16. The summed E-state index contributed by atoms with van der Waals surface area (Å²) in [5, 5.41) is 5.74. The Hall–Kier alpha value is -2.86. The fraction of sp³-hybridized carbons (Fsp3) is 0.348. The normalized spacial score (nSPS) is 12.7. The van der Waals surface area contributed by atoms with Crippen molar-refractivity contribution in [3.05, 3.63) is 70.7 Å². The van der Waals surface area contributed by atoms with Crippen molar-refractivity contribution in [1.82, 2.24) is 10.6 Å². The lowest BCUT2D eigenvalue weighted by molar-refractivity contribution is -0.158. The highest BCUT2D eigenvalue weighted by atomic mass is 35.5. The molecule has 2 rings (SSSR count). The molecule has 0 fully saturated rings. The molecule has 2 N–H and O–H groups in total. The van der Waals surface area contributed by atoms with E-state index in [0.717, 1.165) is 5.56 Å². The van der Waals surface area contributed by atoms with Gasteiger partial charge in [-0.05, 0) is 30.0 Å². The summed E-state index contributed by atoms with van der Waals surface area (Å²) >= 11 is 6.07. The molecule has 0 radical (unpaired) electrons. The van der Waals surface area contributed by atoms with Crippen LogP contribution in [0.1, 0.15) is 43.1 Å². The zero-order valence-electron chi connectivity index (χ0n) is 17.4. The minimum absolute atomic E-state index is 0.242. The summed E-state index contributed by atoms with van der Waals surface area (Å²) in [7, 11) is 0. The van der Waals surface area contributed by atoms with Crippen molar-refractivity contribution >= 4 is 29.4 Å². The van der Waals surface area contributed by atoms with Crippen molar-refractivity contribution in [2.45, 2.75) is 45.9 Å². The molecule has 7 heteroatoms. The van der Waals surface area contributed by atoms with Gasteiger partial charge in [0.2, 0.25) is 0 Å². The van der Waals surface area contributed by atoms with Crippen LogP contribution in [0.3, 0.4) is 0 Å². The van der Waals surface area contributed by atoms with Crippen LogP contribution in [0.4, 0.5) is 0 Å². The number of nitrogens with one attached hydrogen (secondary N) is 2. The topological polar surface area (TPSA) is 84.5 Å². The second kappa shape index (κ2) is 11.4. The van der Waals surface area contributed by atoms with Crippen LogP contribution in [0.15, 0.2) is 54.6 Å². The number of hydrogen-bond donors (Lipinski definition) is 2. The highest BCUT2D eigenvalue weighted by Gasteiger charge is 2.30. The molecule has 0 spiro atoms. The predicted octanol–water partition coefficient (Wildman–Crippen LogP) is 3.73. The van der Waals surface area contributed by atoms with Gasteiger partial charge >= 0.3 is 5.97 Å². The van der Waals surface area contributed by atoms with Crippen LogP contribution in [0.2, 0.25) is 5.02 Å². The first-order valence-electron chi connectivity index (χ1n) is 9.91. The van der Waals surface area contributed by atoms with E-state index in [1.165, 1.54) is 0 Å². The maximum Gasteiger partial charge on any atom is 0.329 e. The molecule has 1 unspecified atom stereocenters. The first-order valence-corrected chi connectivity index (χ1v) is 10.3. The molecule has 0 saturated heterocycles. The summed E-state index contributed by atoms with van der Waals surface area (Å²) in [6.45, 7) is 5.67. The summed E-state index contributed by atoms with van der Waals surface area (Å²) in [6.07, 6.45) is -0.630. The van der Waals surface area contributed by atoms with Crippen molar-refractivity contribution in [1.29, 1.82) is 0 Å². The van der Waals surface area contributed by atoms with Crippen molar-refractivity contribution in [3.8, 4) is 0 Å². The van der Waals surface area contributed by atoms with Gasteiger partial charge in [-0.25, -0.2) is 4.79 Å². The van der Waals surface area contributed by atoms with Gasteiger partial charge in [-0.15, -0.1) is 0 Å². The summed E-state index contributed by atoms with van der Waals surface area (Å²) in [4.78, 5) is 37.8. The standard InChI is InChI=1S/C23H27ClN2O4/c1-4-19(22(28)25-14-16-10-6-5-7-11-16)30-23(29)20(15(2)3)26-21(27)17-12-8-9-13-18(17)24/h5-13,15,19-20H,4,14H2,1-3H3,(H,25,28)(H,26,27)/t19?,20-/m0/s1. The van der Waals surface area contributed by atoms with E-state index in [0.29, 0.717) is 13.0 Å². The largest absolute Gasteiger partial charge is 0.451 e. The molecule has 0 aliphatic rings. The predicted molar refractivity (Wildman–Crippen MR) is 116 cm³/mol. The molecule has 0 bridgehead atoms. The van der Waals surface area contributed by atoms with Crippen molar-refractivity contribution in [2.75, 3.05) is 0 Å². The van der Waals surface area contributed by atoms with Gasteiger partial charge in [0.15, 0.2) is 6.10 Å². The zero-order chi connectivity index (χ0) is 22.1. The van der Waals surface area contributed by atoms with Gasteiger partial charge in [-0.1, -0.05) is 74.8 Å². The summed E-state index contributed by atoms with van der Waals surface area (Å²) in [5.41, 5.74) is 1.21. The lowest BCUT2D eigenvalue weighted by Gasteiger charge is -2.24. The second-order valence-corrected chi connectivity index (χ2v) is 7.62. The first kappa shape index (κ1) is 23.4. The summed E-state index contributed by atoms with van der Waals surface area (Å²) < 4.78 is 5.44. The van der Waals surface area contributed by atoms with E-state index in [-0.39, 0.29) is 22.4 Å². The number of amides is 2. The Balaban J connectivity index is 2.00. The highest BCUT2D eigenvalue weighted by molar-refractivity contribution is 6.33. The first-order chi connectivity index (χ1) is 14.3. The van der Waals surface area contributed by atoms with Crippen LogP contribution < -0.4 is 10.6 Å². The Labute approximate surface area is 182 Å². The summed E-state index contributed by atoms with van der Waals surface area (Å²) in [6, 6.07) is 15.1. The Morgan fingerprint density at radius 2 is 1.63 bits per heavy atom. The molecule has 2 atom stereocenters. The number of esters is 1. The van der Waals surface area contributed by atoms with Crippen molar-refractivity contribution in [2.24, 2.45) is 5.92 Å². The lowest BCUT2D eigenvalue weighted by Crippen LogP contribution is -2.48. The SMILES string of the molecule is CCC(OC(=O)[C@@H](NC(=O)c1ccccc1Cl)C(C)C)C(=O)NCc1ccccc1. The fourth-order valence-corrected chi connectivity index (χ4v) is 3.02. The number of carbonyl (C=O) groups excluding carboxylic acids is 3. The van der Waals surface area contributed by atoms with Crippen LogP contribution in [-0.4, -0.2) is 29.9 Å². The van der Waals surface area contributed by atoms with Gasteiger partial charge in [0.1, 0.15) is 6.04 Å². The van der Waals surface area contributed by atoms with E-state index < -0.39 is 24.0 Å². The number of carbonyl (C=O) groups is 3. The minimum Gasteiger partial charge on any atom is -0.451 e. The Bertz CT molecular complexity index is 871. The van der Waals surface area contributed by atoms with Crippen LogP contribution in [0.25, 0.3) is 0 Å². The van der Waals surface area contributed by atoms with E-state index in [2.05, 4.69) is 10.6 Å². The molecular formula is C23H27ClN2O4. The molecule has 2 amide bonds. The molecule has 0 aromatic heterocycles.